The highest BCUT2D eigenvalue weighted by Crippen LogP contribution is 2.23. The van der Waals surface area contributed by atoms with Crippen molar-refractivity contribution in [3.8, 4) is 0 Å². The second-order valence-corrected chi connectivity index (χ2v) is 6.02. The van der Waals surface area contributed by atoms with Crippen LogP contribution in [0.3, 0.4) is 0 Å². The third-order valence-electron chi connectivity index (χ3n) is 3.25. The molecule has 0 aliphatic heterocycles. The molecule has 126 valence electrons. The standard InChI is InChI=1S/C16H16N2O5S/c1-11-4-2-6-13(15(11)18(21)22)16(20)23-10-14(19)17-8-7-12-5-3-9-24-12/h2-6,9H,7-8,10H2,1H3,(H,17,19). The molecule has 0 atom stereocenters. The SMILES string of the molecule is Cc1cccc(C(=O)OCC(=O)NCCc2cccs2)c1[N+](=O)[O-]. The Morgan fingerprint density at radius 3 is 2.75 bits per heavy atom. The number of nitrogens with one attached hydrogen (secondary N) is 1. The zero-order valence-corrected chi connectivity index (χ0v) is 13.8. The summed E-state index contributed by atoms with van der Waals surface area (Å²) in [6.45, 7) is 1.49. The van der Waals surface area contributed by atoms with Gasteiger partial charge in [0.2, 0.25) is 0 Å². The molecular formula is C16H16N2O5S. The van der Waals surface area contributed by atoms with Crippen molar-refractivity contribution in [2.75, 3.05) is 13.2 Å². The zero-order chi connectivity index (χ0) is 17.5. The van der Waals surface area contributed by atoms with E-state index in [1.54, 1.807) is 11.3 Å². The Balaban J connectivity index is 1.85. The predicted octanol–water partition coefficient (Wildman–Crippen LogP) is 2.48. The van der Waals surface area contributed by atoms with E-state index >= 15 is 0 Å². The first-order valence-electron chi connectivity index (χ1n) is 7.19. The number of benzene rings is 1. The Morgan fingerprint density at radius 1 is 1.29 bits per heavy atom. The van der Waals surface area contributed by atoms with Gasteiger partial charge in [0.1, 0.15) is 5.56 Å². The Morgan fingerprint density at radius 2 is 2.08 bits per heavy atom. The van der Waals surface area contributed by atoms with Crippen LogP contribution in [-0.2, 0) is 16.0 Å². The summed E-state index contributed by atoms with van der Waals surface area (Å²) in [6.07, 6.45) is 0.695. The molecule has 2 rings (SSSR count). The lowest BCUT2D eigenvalue weighted by molar-refractivity contribution is -0.385. The monoisotopic (exact) mass is 348 g/mol. The van der Waals surface area contributed by atoms with Crippen LogP contribution in [0.15, 0.2) is 35.7 Å². The maximum absolute atomic E-state index is 12.0. The van der Waals surface area contributed by atoms with Crippen molar-refractivity contribution in [1.82, 2.24) is 5.32 Å². The normalized spacial score (nSPS) is 10.2. The number of amides is 1. The molecule has 0 aliphatic carbocycles. The molecule has 0 aliphatic rings. The van der Waals surface area contributed by atoms with Gasteiger partial charge in [0.05, 0.1) is 4.92 Å². The number of rotatable bonds is 7. The molecule has 1 aromatic heterocycles. The van der Waals surface area contributed by atoms with Gasteiger partial charge in [0.25, 0.3) is 11.6 Å². The Labute approximate surface area is 142 Å². The summed E-state index contributed by atoms with van der Waals surface area (Å²) in [4.78, 5) is 35.2. The van der Waals surface area contributed by atoms with Gasteiger partial charge in [-0.15, -0.1) is 11.3 Å². The summed E-state index contributed by atoms with van der Waals surface area (Å²) in [6, 6.07) is 8.26. The first-order chi connectivity index (χ1) is 11.5. The second-order valence-electron chi connectivity index (χ2n) is 4.98. The number of hydrogen-bond acceptors (Lipinski definition) is 6. The van der Waals surface area contributed by atoms with E-state index in [4.69, 9.17) is 4.74 Å². The van der Waals surface area contributed by atoms with E-state index in [-0.39, 0.29) is 11.3 Å². The van der Waals surface area contributed by atoms with Crippen molar-refractivity contribution in [3.63, 3.8) is 0 Å². The zero-order valence-electron chi connectivity index (χ0n) is 13.0. The molecule has 24 heavy (non-hydrogen) atoms. The van der Waals surface area contributed by atoms with E-state index < -0.39 is 23.4 Å². The molecule has 1 heterocycles. The van der Waals surface area contributed by atoms with Crippen molar-refractivity contribution in [2.45, 2.75) is 13.3 Å². The minimum Gasteiger partial charge on any atom is -0.452 e. The van der Waals surface area contributed by atoms with E-state index in [1.807, 2.05) is 17.5 Å². The fourth-order valence-corrected chi connectivity index (χ4v) is 2.81. The second kappa shape index (κ2) is 8.21. The predicted molar refractivity (Wildman–Crippen MR) is 89.1 cm³/mol. The summed E-state index contributed by atoms with van der Waals surface area (Å²) in [5.74, 6) is -1.34. The van der Waals surface area contributed by atoms with Crippen LogP contribution in [0.5, 0.6) is 0 Å². The highest BCUT2D eigenvalue weighted by atomic mass is 32.1. The molecule has 1 amide bonds. The van der Waals surface area contributed by atoms with Gasteiger partial charge in [0, 0.05) is 17.0 Å². The number of ether oxygens (including phenoxy) is 1. The van der Waals surface area contributed by atoms with Gasteiger partial charge in [-0.1, -0.05) is 18.2 Å². The third-order valence-corrected chi connectivity index (χ3v) is 4.18. The van der Waals surface area contributed by atoms with Crippen LogP contribution >= 0.6 is 11.3 Å². The van der Waals surface area contributed by atoms with Crippen LogP contribution in [0.2, 0.25) is 0 Å². The molecule has 8 heteroatoms. The number of carbonyl (C=O) groups is 2. The maximum Gasteiger partial charge on any atom is 0.345 e. The van der Waals surface area contributed by atoms with Gasteiger partial charge in [-0.25, -0.2) is 4.79 Å². The molecule has 0 radical (unpaired) electrons. The quantitative estimate of drug-likeness (QED) is 0.471. The summed E-state index contributed by atoms with van der Waals surface area (Å²) < 4.78 is 4.87. The van der Waals surface area contributed by atoms with Crippen LogP contribution < -0.4 is 5.32 Å². The molecule has 1 aromatic carbocycles. The Hall–Kier alpha value is -2.74. The molecule has 2 aromatic rings. The average molecular weight is 348 g/mol. The molecule has 0 bridgehead atoms. The van der Waals surface area contributed by atoms with Gasteiger partial charge in [-0.2, -0.15) is 0 Å². The van der Waals surface area contributed by atoms with E-state index in [0.29, 0.717) is 18.5 Å². The number of nitro benzene ring substituents is 1. The molecule has 0 spiro atoms. The number of esters is 1. The van der Waals surface area contributed by atoms with Crippen molar-refractivity contribution < 1.29 is 19.2 Å². The number of nitro groups is 1. The third kappa shape index (κ3) is 4.63. The van der Waals surface area contributed by atoms with Gasteiger partial charge in [-0.3, -0.25) is 14.9 Å². The Bertz CT molecular complexity index is 743. The highest BCUT2D eigenvalue weighted by Gasteiger charge is 2.24. The van der Waals surface area contributed by atoms with Crippen molar-refractivity contribution in [2.24, 2.45) is 0 Å². The minimum atomic E-state index is -0.890. The number of hydrogen-bond donors (Lipinski definition) is 1. The van der Waals surface area contributed by atoms with Crippen molar-refractivity contribution >= 4 is 28.9 Å². The first kappa shape index (κ1) is 17.6. The van der Waals surface area contributed by atoms with E-state index in [1.165, 1.54) is 25.1 Å². The number of nitrogens with zero attached hydrogens (tertiary/aromatic N) is 1. The van der Waals surface area contributed by atoms with Gasteiger partial charge in [0.15, 0.2) is 6.61 Å². The summed E-state index contributed by atoms with van der Waals surface area (Å²) in [7, 11) is 0. The fraction of sp³-hybridized carbons (Fsp3) is 0.250. The van der Waals surface area contributed by atoms with Crippen LogP contribution in [-0.4, -0.2) is 30.0 Å². The lowest BCUT2D eigenvalue weighted by atomic mass is 10.1. The van der Waals surface area contributed by atoms with Crippen LogP contribution in [0.4, 0.5) is 5.69 Å². The van der Waals surface area contributed by atoms with Gasteiger partial charge >= 0.3 is 5.97 Å². The molecule has 7 nitrogen and oxygen atoms in total. The summed E-state index contributed by atoms with van der Waals surface area (Å²) in [5, 5.41) is 15.6. The van der Waals surface area contributed by atoms with Gasteiger partial charge < -0.3 is 10.1 Å². The lowest BCUT2D eigenvalue weighted by Crippen LogP contribution is -2.30. The van der Waals surface area contributed by atoms with Crippen LogP contribution in [0.1, 0.15) is 20.8 Å². The molecule has 0 saturated heterocycles. The fourth-order valence-electron chi connectivity index (χ4n) is 2.11. The lowest BCUT2D eigenvalue weighted by Gasteiger charge is -2.07. The maximum atomic E-state index is 12.0. The molecular weight excluding hydrogens is 332 g/mol. The smallest absolute Gasteiger partial charge is 0.345 e. The number of aryl methyl sites for hydroxylation is 1. The summed E-state index contributed by atoms with van der Waals surface area (Å²) >= 11 is 1.60. The van der Waals surface area contributed by atoms with Crippen LogP contribution in [0, 0.1) is 17.0 Å². The number of thiophene rings is 1. The number of para-hydroxylation sites is 1. The number of carbonyl (C=O) groups excluding carboxylic acids is 2. The van der Waals surface area contributed by atoms with E-state index in [9.17, 15) is 19.7 Å². The minimum absolute atomic E-state index is 0.161. The summed E-state index contributed by atoms with van der Waals surface area (Å²) in [5.41, 5.74) is -0.109. The molecule has 1 N–H and O–H groups in total. The topological polar surface area (TPSA) is 98.5 Å². The molecule has 0 unspecified atom stereocenters. The Kier molecular flexibility index (Phi) is 6.02. The van der Waals surface area contributed by atoms with Crippen molar-refractivity contribution in [1.29, 1.82) is 0 Å². The molecule has 0 fully saturated rings. The van der Waals surface area contributed by atoms with E-state index in [2.05, 4.69) is 5.32 Å². The van der Waals surface area contributed by atoms with Crippen molar-refractivity contribution in [3.05, 3.63) is 61.8 Å². The highest BCUT2D eigenvalue weighted by molar-refractivity contribution is 7.09. The van der Waals surface area contributed by atoms with Crippen LogP contribution in [0.25, 0.3) is 0 Å². The largest absolute Gasteiger partial charge is 0.452 e. The average Bonchev–Trinajstić information content (AvgIpc) is 3.05. The van der Waals surface area contributed by atoms with E-state index in [0.717, 1.165) is 4.88 Å². The van der Waals surface area contributed by atoms with Gasteiger partial charge in [-0.05, 0) is 30.9 Å². The first-order valence-corrected chi connectivity index (χ1v) is 8.07. The molecule has 0 saturated carbocycles.